The highest BCUT2D eigenvalue weighted by molar-refractivity contribution is 6.31. The van der Waals surface area contributed by atoms with E-state index in [4.69, 9.17) is 16.3 Å². The summed E-state index contributed by atoms with van der Waals surface area (Å²) in [7, 11) is 0. The first-order valence-electron chi connectivity index (χ1n) is 7.70. The van der Waals surface area contributed by atoms with Gasteiger partial charge in [-0.15, -0.1) is 0 Å². The van der Waals surface area contributed by atoms with Gasteiger partial charge in [-0.05, 0) is 37.3 Å². The number of hydrogen-bond acceptors (Lipinski definition) is 2. The van der Waals surface area contributed by atoms with E-state index in [9.17, 15) is 9.18 Å². The summed E-state index contributed by atoms with van der Waals surface area (Å²) >= 11 is 5.94. The minimum atomic E-state index is -0.479. The van der Waals surface area contributed by atoms with E-state index in [1.54, 1.807) is 12.1 Å². The summed E-state index contributed by atoms with van der Waals surface area (Å²) in [5.74, 6) is -0.178. The van der Waals surface area contributed by atoms with Gasteiger partial charge in [-0.25, -0.2) is 4.39 Å². The van der Waals surface area contributed by atoms with Crippen molar-refractivity contribution in [1.29, 1.82) is 0 Å². The molecule has 0 aliphatic heterocycles. The fraction of sp³-hybridized carbons (Fsp3) is 0.588. The maximum absolute atomic E-state index is 13.5. The third-order valence-electron chi connectivity index (χ3n) is 4.14. The first kappa shape index (κ1) is 16.4. The van der Waals surface area contributed by atoms with Crippen LogP contribution in [-0.2, 0) is 16.0 Å². The van der Waals surface area contributed by atoms with Crippen LogP contribution in [0.4, 0.5) is 4.39 Å². The van der Waals surface area contributed by atoms with Crippen molar-refractivity contribution in [2.75, 3.05) is 6.61 Å². The largest absolute Gasteiger partial charge is 0.370 e. The van der Waals surface area contributed by atoms with Crippen LogP contribution < -0.4 is 0 Å². The van der Waals surface area contributed by atoms with Gasteiger partial charge in [-0.3, -0.25) is 4.79 Å². The van der Waals surface area contributed by atoms with Crippen molar-refractivity contribution in [1.82, 2.24) is 0 Å². The average Bonchev–Trinajstić information content (AvgIpc) is 2.50. The van der Waals surface area contributed by atoms with E-state index >= 15 is 0 Å². The van der Waals surface area contributed by atoms with E-state index in [1.807, 2.05) is 6.92 Å². The van der Waals surface area contributed by atoms with Crippen molar-refractivity contribution in [3.05, 3.63) is 34.6 Å². The van der Waals surface area contributed by atoms with Gasteiger partial charge in [0.05, 0.1) is 5.02 Å². The minimum absolute atomic E-state index is 0.0104. The van der Waals surface area contributed by atoms with Gasteiger partial charge >= 0.3 is 0 Å². The van der Waals surface area contributed by atoms with Gasteiger partial charge < -0.3 is 4.74 Å². The molecule has 1 saturated carbocycles. The van der Waals surface area contributed by atoms with E-state index < -0.39 is 5.82 Å². The molecule has 21 heavy (non-hydrogen) atoms. The number of Topliss-reactive ketones (excluding diaryl/α,β-unsaturated/α-hetero) is 1. The molecule has 1 aromatic carbocycles. The van der Waals surface area contributed by atoms with Crippen molar-refractivity contribution < 1.29 is 13.9 Å². The lowest BCUT2D eigenvalue weighted by atomic mass is 9.82. The van der Waals surface area contributed by atoms with E-state index in [0.717, 1.165) is 25.7 Å². The number of ketones is 1. The summed E-state index contributed by atoms with van der Waals surface area (Å²) < 4.78 is 19.2. The molecule has 0 spiro atoms. The molecule has 1 aliphatic rings. The van der Waals surface area contributed by atoms with Crippen LogP contribution in [0.3, 0.4) is 0 Å². The third-order valence-corrected chi connectivity index (χ3v) is 4.56. The zero-order chi connectivity index (χ0) is 15.2. The smallest absolute Gasteiger partial charge is 0.166 e. The molecule has 0 N–H and O–H groups in total. The quantitative estimate of drug-likeness (QED) is 0.768. The minimum Gasteiger partial charge on any atom is -0.370 e. The Morgan fingerprint density at radius 2 is 2.10 bits per heavy atom. The zero-order valence-corrected chi connectivity index (χ0v) is 13.2. The van der Waals surface area contributed by atoms with Gasteiger partial charge in [0.15, 0.2) is 5.78 Å². The van der Waals surface area contributed by atoms with E-state index in [1.165, 1.54) is 12.5 Å². The number of ether oxygens (including phenoxy) is 1. The lowest BCUT2D eigenvalue weighted by Crippen LogP contribution is -2.35. The van der Waals surface area contributed by atoms with Crippen LogP contribution in [0.2, 0.25) is 5.02 Å². The van der Waals surface area contributed by atoms with Crippen molar-refractivity contribution in [3.8, 4) is 0 Å². The second-order valence-electron chi connectivity index (χ2n) is 5.63. The van der Waals surface area contributed by atoms with Gasteiger partial charge in [0.2, 0.25) is 0 Å². The van der Waals surface area contributed by atoms with Crippen molar-refractivity contribution in [2.45, 2.75) is 51.6 Å². The number of rotatable bonds is 6. The highest BCUT2D eigenvalue weighted by atomic mass is 35.5. The number of benzene rings is 1. The standard InChI is InChI=1S/C17H22ClFO2/c1-2-21-17(12-7-4-3-5-8-12)15(20)11-13-9-6-10-14(19)16(13)18/h6,9-10,12,17H,2-5,7-8,11H2,1H3. The van der Waals surface area contributed by atoms with Gasteiger partial charge in [0, 0.05) is 13.0 Å². The molecular formula is C17H22ClFO2. The summed E-state index contributed by atoms with van der Waals surface area (Å²) in [4.78, 5) is 12.6. The molecule has 0 aromatic heterocycles. The lowest BCUT2D eigenvalue weighted by Gasteiger charge is -2.29. The second kappa shape index (κ2) is 7.90. The van der Waals surface area contributed by atoms with E-state index in [0.29, 0.717) is 18.1 Å². The van der Waals surface area contributed by atoms with Crippen LogP contribution in [-0.4, -0.2) is 18.5 Å². The Bertz CT molecular complexity index is 484. The lowest BCUT2D eigenvalue weighted by molar-refractivity contribution is -0.134. The summed E-state index contributed by atoms with van der Waals surface area (Å²) in [6.45, 7) is 2.42. The average molecular weight is 313 g/mol. The first-order valence-corrected chi connectivity index (χ1v) is 8.08. The Kier molecular flexibility index (Phi) is 6.19. The monoisotopic (exact) mass is 312 g/mol. The Hall–Kier alpha value is -0.930. The molecule has 1 atom stereocenters. The predicted octanol–water partition coefficient (Wildman–Crippen LogP) is 4.58. The maximum atomic E-state index is 13.5. The van der Waals surface area contributed by atoms with Gasteiger partial charge in [-0.2, -0.15) is 0 Å². The maximum Gasteiger partial charge on any atom is 0.166 e. The molecule has 1 unspecified atom stereocenters. The van der Waals surface area contributed by atoms with Crippen LogP contribution in [0.1, 0.15) is 44.6 Å². The molecule has 1 fully saturated rings. The molecule has 1 aromatic rings. The Morgan fingerprint density at radius 3 is 2.76 bits per heavy atom. The fourth-order valence-corrected chi connectivity index (χ4v) is 3.27. The van der Waals surface area contributed by atoms with Crippen molar-refractivity contribution in [3.63, 3.8) is 0 Å². The zero-order valence-electron chi connectivity index (χ0n) is 12.4. The molecule has 0 radical (unpaired) electrons. The molecule has 0 heterocycles. The molecule has 0 saturated heterocycles. The fourth-order valence-electron chi connectivity index (χ4n) is 3.08. The summed E-state index contributed by atoms with van der Waals surface area (Å²) in [6.07, 6.45) is 5.37. The highest BCUT2D eigenvalue weighted by Crippen LogP contribution is 2.30. The molecule has 2 nitrogen and oxygen atoms in total. The molecule has 0 amide bonds. The SMILES string of the molecule is CCOC(C(=O)Cc1cccc(F)c1Cl)C1CCCCC1. The summed E-state index contributed by atoms with van der Waals surface area (Å²) in [5, 5.41) is 0.0461. The normalized spacial score (nSPS) is 17.7. The highest BCUT2D eigenvalue weighted by Gasteiger charge is 2.30. The van der Waals surface area contributed by atoms with Crippen molar-refractivity contribution in [2.24, 2.45) is 5.92 Å². The number of hydrogen-bond donors (Lipinski definition) is 0. The Morgan fingerprint density at radius 1 is 1.38 bits per heavy atom. The molecule has 2 rings (SSSR count). The molecular weight excluding hydrogens is 291 g/mol. The van der Waals surface area contributed by atoms with Crippen LogP contribution in [0.15, 0.2) is 18.2 Å². The van der Waals surface area contributed by atoms with Gasteiger partial charge in [-0.1, -0.05) is 43.0 Å². The number of halogens is 2. The van der Waals surface area contributed by atoms with Crippen LogP contribution in [0.25, 0.3) is 0 Å². The van der Waals surface area contributed by atoms with E-state index in [-0.39, 0.29) is 23.3 Å². The van der Waals surface area contributed by atoms with Crippen LogP contribution in [0.5, 0.6) is 0 Å². The second-order valence-corrected chi connectivity index (χ2v) is 6.01. The third kappa shape index (κ3) is 4.27. The Labute approximate surface area is 130 Å². The molecule has 4 heteroatoms. The summed E-state index contributed by atoms with van der Waals surface area (Å²) in [6, 6.07) is 4.59. The molecule has 1 aliphatic carbocycles. The van der Waals surface area contributed by atoms with Gasteiger partial charge in [0.25, 0.3) is 0 Å². The first-order chi connectivity index (χ1) is 10.1. The van der Waals surface area contributed by atoms with Crippen LogP contribution in [0, 0.1) is 11.7 Å². The topological polar surface area (TPSA) is 26.3 Å². The Balaban J connectivity index is 2.09. The molecule has 116 valence electrons. The van der Waals surface area contributed by atoms with Crippen molar-refractivity contribution >= 4 is 17.4 Å². The van der Waals surface area contributed by atoms with Gasteiger partial charge in [0.1, 0.15) is 11.9 Å². The predicted molar refractivity (Wildman–Crippen MR) is 82.1 cm³/mol. The van der Waals surface area contributed by atoms with E-state index in [2.05, 4.69) is 0 Å². The van der Waals surface area contributed by atoms with Crippen LogP contribution >= 0.6 is 11.6 Å². The number of carbonyl (C=O) groups is 1. The summed E-state index contributed by atoms with van der Waals surface area (Å²) in [5.41, 5.74) is 0.544. The molecule has 0 bridgehead atoms. The number of carbonyl (C=O) groups excluding carboxylic acids is 1.